The molecule has 3 aromatic carbocycles. The van der Waals surface area contributed by atoms with Gasteiger partial charge in [0.1, 0.15) is 11.6 Å². The van der Waals surface area contributed by atoms with E-state index in [9.17, 15) is 17.6 Å². The second kappa shape index (κ2) is 10.6. The molecule has 6 heteroatoms. The first kappa shape index (κ1) is 24.2. The fourth-order valence-electron chi connectivity index (χ4n) is 4.72. The lowest BCUT2D eigenvalue weighted by Gasteiger charge is -2.27. The van der Waals surface area contributed by atoms with Crippen molar-refractivity contribution in [1.29, 1.82) is 0 Å². The predicted molar refractivity (Wildman–Crippen MR) is 121 cm³/mol. The third-order valence-corrected chi connectivity index (χ3v) is 6.82. The summed E-state index contributed by atoms with van der Waals surface area (Å²) < 4.78 is 76.3. The van der Waals surface area contributed by atoms with Crippen LogP contribution in [0.15, 0.2) is 42.5 Å². The molecule has 0 bridgehead atoms. The van der Waals surface area contributed by atoms with Gasteiger partial charge in [-0.3, -0.25) is 0 Å². The number of hydrogen-bond donors (Lipinski definition) is 0. The van der Waals surface area contributed by atoms with Crippen LogP contribution in [-0.4, -0.2) is 0 Å². The molecule has 0 saturated heterocycles. The molecule has 1 aliphatic carbocycles. The molecule has 34 heavy (non-hydrogen) atoms. The summed E-state index contributed by atoms with van der Waals surface area (Å²) >= 11 is 0. The van der Waals surface area contributed by atoms with Crippen LogP contribution in [0.1, 0.15) is 51.0 Å². The first-order valence-electron chi connectivity index (χ1n) is 11.7. The number of rotatable bonds is 7. The molecule has 1 fully saturated rings. The van der Waals surface area contributed by atoms with Crippen molar-refractivity contribution >= 4 is 0 Å². The van der Waals surface area contributed by atoms with Crippen LogP contribution in [0.3, 0.4) is 0 Å². The molecular formula is C28H26F5O. The lowest BCUT2D eigenvalue weighted by molar-refractivity contribution is 0.257. The summed E-state index contributed by atoms with van der Waals surface area (Å²) in [5, 5.41) is 0. The van der Waals surface area contributed by atoms with E-state index in [1.807, 2.05) is 0 Å². The van der Waals surface area contributed by atoms with Crippen molar-refractivity contribution in [2.45, 2.75) is 51.9 Å². The average molecular weight is 474 g/mol. The van der Waals surface area contributed by atoms with Crippen molar-refractivity contribution in [3.8, 4) is 22.6 Å². The van der Waals surface area contributed by atoms with E-state index in [1.165, 1.54) is 18.6 Å². The van der Waals surface area contributed by atoms with Crippen LogP contribution < -0.4 is 4.74 Å². The van der Waals surface area contributed by atoms with Gasteiger partial charge in [0.2, 0.25) is 0 Å². The van der Waals surface area contributed by atoms with Gasteiger partial charge >= 0.3 is 0 Å². The molecule has 1 aliphatic rings. The predicted octanol–water partition coefficient (Wildman–Crippen LogP) is 8.79. The second-order valence-corrected chi connectivity index (χ2v) is 8.94. The number of ether oxygens (including phenoxy) is 1. The lowest BCUT2D eigenvalue weighted by Crippen LogP contribution is -2.15. The third kappa shape index (κ3) is 5.26. The molecule has 1 radical (unpaired) electrons. The molecule has 0 heterocycles. The molecule has 179 valence electrons. The van der Waals surface area contributed by atoms with E-state index in [2.05, 4.69) is 13.0 Å². The minimum Gasteiger partial charge on any atom is -0.453 e. The van der Waals surface area contributed by atoms with Crippen LogP contribution in [0.25, 0.3) is 11.1 Å². The summed E-state index contributed by atoms with van der Waals surface area (Å²) in [6.45, 7) is 2.19. The highest BCUT2D eigenvalue weighted by Crippen LogP contribution is 2.37. The Kier molecular flexibility index (Phi) is 7.54. The van der Waals surface area contributed by atoms with Gasteiger partial charge in [-0.2, -0.15) is 0 Å². The van der Waals surface area contributed by atoms with Crippen LogP contribution in [-0.2, 0) is 6.42 Å². The molecule has 4 rings (SSSR count). The zero-order chi connectivity index (χ0) is 24.2. The maximum atomic E-state index is 15.2. The van der Waals surface area contributed by atoms with Gasteiger partial charge < -0.3 is 4.74 Å². The Hall–Kier alpha value is -2.89. The fraction of sp³-hybridized carbons (Fsp3) is 0.357. The van der Waals surface area contributed by atoms with Crippen molar-refractivity contribution in [3.63, 3.8) is 0 Å². The van der Waals surface area contributed by atoms with Crippen LogP contribution >= 0.6 is 0 Å². The van der Waals surface area contributed by atoms with Crippen molar-refractivity contribution in [2.75, 3.05) is 0 Å². The van der Waals surface area contributed by atoms with E-state index in [-0.39, 0.29) is 34.6 Å². The van der Waals surface area contributed by atoms with Gasteiger partial charge in [-0.15, -0.1) is 0 Å². The standard InChI is InChI=1S/C28H26F5O/c1-2-17-7-9-18(10-8-17)11-12-21-22(29)13-14-26(27(21)32)34-25-6-4-3-5-20(25)19-15-23(30)28(33)24(31)16-19/h3-6,13,15-18H,2,7-12H2,1H3/t17-,18-. The van der Waals surface area contributed by atoms with Gasteiger partial charge in [0, 0.05) is 17.2 Å². The van der Waals surface area contributed by atoms with E-state index in [4.69, 9.17) is 4.74 Å². The van der Waals surface area contributed by atoms with Gasteiger partial charge in [-0.25, -0.2) is 22.0 Å². The summed E-state index contributed by atoms with van der Waals surface area (Å²) in [5.74, 6) is -4.82. The third-order valence-electron chi connectivity index (χ3n) is 6.82. The van der Waals surface area contributed by atoms with E-state index in [1.54, 1.807) is 12.1 Å². The molecule has 0 amide bonds. The van der Waals surface area contributed by atoms with Crippen molar-refractivity contribution < 1.29 is 26.7 Å². The summed E-state index contributed by atoms with van der Waals surface area (Å²) in [5.41, 5.74) is 0.201. The highest BCUT2D eigenvalue weighted by molar-refractivity contribution is 5.71. The highest BCUT2D eigenvalue weighted by atomic mass is 19.2. The molecule has 0 N–H and O–H groups in total. The van der Waals surface area contributed by atoms with Gasteiger partial charge in [-0.05, 0) is 54.5 Å². The normalized spacial score (nSPS) is 18.2. The van der Waals surface area contributed by atoms with Crippen LogP contribution in [0.4, 0.5) is 22.0 Å². The summed E-state index contributed by atoms with van der Waals surface area (Å²) in [7, 11) is 0. The first-order chi connectivity index (χ1) is 16.4. The van der Waals surface area contributed by atoms with Crippen molar-refractivity contribution in [2.24, 2.45) is 11.8 Å². The SMILES string of the molecule is CC[C@H]1CC[C@H](CCc2c(F)c[c]c(Oc3ccccc3-c3cc(F)c(F)c(F)c3)c2F)CC1. The van der Waals surface area contributed by atoms with E-state index in [0.29, 0.717) is 12.3 Å². The van der Waals surface area contributed by atoms with E-state index < -0.39 is 29.1 Å². The van der Waals surface area contributed by atoms with Gasteiger partial charge in [0.05, 0.1) is 0 Å². The molecule has 0 atom stereocenters. The maximum Gasteiger partial charge on any atom is 0.194 e. The molecule has 0 unspecified atom stereocenters. The quantitative estimate of drug-likeness (QED) is 0.246. The highest BCUT2D eigenvalue weighted by Gasteiger charge is 2.23. The average Bonchev–Trinajstić information content (AvgIpc) is 2.84. The Labute approximate surface area is 196 Å². The summed E-state index contributed by atoms with van der Waals surface area (Å²) in [6.07, 6.45) is 6.57. The largest absolute Gasteiger partial charge is 0.453 e. The topological polar surface area (TPSA) is 9.23 Å². The zero-order valence-electron chi connectivity index (χ0n) is 18.9. The van der Waals surface area contributed by atoms with Gasteiger partial charge in [0.15, 0.2) is 29.0 Å². The Balaban J connectivity index is 1.55. The van der Waals surface area contributed by atoms with Crippen molar-refractivity contribution in [3.05, 3.63) is 83.2 Å². The number of hydrogen-bond acceptors (Lipinski definition) is 1. The Morgan fingerprint density at radius 2 is 1.50 bits per heavy atom. The molecule has 3 aromatic rings. The Bertz CT molecular complexity index is 1130. The zero-order valence-corrected chi connectivity index (χ0v) is 18.9. The minimum atomic E-state index is -1.58. The van der Waals surface area contributed by atoms with Crippen LogP contribution in [0, 0.1) is 47.0 Å². The van der Waals surface area contributed by atoms with Crippen LogP contribution in [0.5, 0.6) is 11.5 Å². The second-order valence-electron chi connectivity index (χ2n) is 8.94. The molecule has 0 aliphatic heterocycles. The number of para-hydroxylation sites is 1. The number of halogens is 5. The summed E-state index contributed by atoms with van der Waals surface area (Å²) in [4.78, 5) is 0. The smallest absolute Gasteiger partial charge is 0.194 e. The molecule has 1 saturated carbocycles. The lowest BCUT2D eigenvalue weighted by atomic mass is 9.78. The molecule has 0 spiro atoms. The van der Waals surface area contributed by atoms with Gasteiger partial charge in [0.25, 0.3) is 0 Å². The summed E-state index contributed by atoms with van der Waals surface area (Å²) in [6, 6.07) is 11.4. The Morgan fingerprint density at radius 3 is 2.18 bits per heavy atom. The fourth-order valence-corrected chi connectivity index (χ4v) is 4.72. The molecule has 0 aromatic heterocycles. The van der Waals surface area contributed by atoms with Crippen LogP contribution in [0.2, 0.25) is 0 Å². The van der Waals surface area contributed by atoms with Crippen molar-refractivity contribution in [1.82, 2.24) is 0 Å². The van der Waals surface area contributed by atoms with E-state index >= 15 is 4.39 Å². The van der Waals surface area contributed by atoms with E-state index in [0.717, 1.165) is 49.8 Å². The number of benzene rings is 3. The monoisotopic (exact) mass is 473 g/mol. The van der Waals surface area contributed by atoms with Gasteiger partial charge in [-0.1, -0.05) is 57.2 Å². The molecular weight excluding hydrogens is 447 g/mol. The Morgan fingerprint density at radius 1 is 0.853 bits per heavy atom. The minimum absolute atomic E-state index is 0.0254. The maximum absolute atomic E-state index is 15.2. The molecule has 1 nitrogen and oxygen atoms in total. The first-order valence-corrected chi connectivity index (χ1v) is 11.7.